The third-order valence-electron chi connectivity index (χ3n) is 0.900. The lowest BCUT2D eigenvalue weighted by Gasteiger charge is -1.99. The van der Waals surface area contributed by atoms with Crippen molar-refractivity contribution in [3.05, 3.63) is 0 Å². The highest BCUT2D eigenvalue weighted by molar-refractivity contribution is 6.26. The Labute approximate surface area is 70.4 Å². The second-order valence-electron chi connectivity index (χ2n) is 1.75. The summed E-state index contributed by atoms with van der Waals surface area (Å²) in [5.41, 5.74) is 0. The number of hydrogen-bond acceptors (Lipinski definition) is 2. The Morgan fingerprint density at radius 3 is 2.50 bits per heavy atom. The van der Waals surface area contributed by atoms with Crippen LogP contribution in [0.3, 0.4) is 0 Å². The minimum Gasteiger partial charge on any atom is -0.465 e. The largest absolute Gasteiger partial charge is 0.465 e. The molecule has 0 fully saturated rings. The van der Waals surface area contributed by atoms with Gasteiger partial charge in [-0.15, -0.1) is 23.2 Å². The fraction of sp³-hybridized carbons (Fsp3) is 0.833. The van der Waals surface area contributed by atoms with Gasteiger partial charge in [-0.1, -0.05) is 0 Å². The summed E-state index contributed by atoms with van der Waals surface area (Å²) in [5.74, 6) is 0.176. The van der Waals surface area contributed by atoms with E-state index in [-0.39, 0.29) is 11.8 Å². The van der Waals surface area contributed by atoms with Crippen LogP contribution < -0.4 is 0 Å². The predicted molar refractivity (Wildman–Crippen MR) is 41.6 cm³/mol. The molecule has 0 aliphatic carbocycles. The fourth-order valence-corrected chi connectivity index (χ4v) is 0.687. The van der Waals surface area contributed by atoms with Crippen molar-refractivity contribution in [3.63, 3.8) is 0 Å². The number of carbonyl (C=O) groups excluding carboxylic acids is 1. The molecule has 0 bridgehead atoms. The molecule has 0 N–H and O–H groups in total. The molecule has 0 aliphatic heterocycles. The van der Waals surface area contributed by atoms with Crippen LogP contribution in [0.15, 0.2) is 0 Å². The van der Waals surface area contributed by atoms with Crippen LogP contribution in [0.5, 0.6) is 0 Å². The maximum absolute atomic E-state index is 10.4. The molecule has 0 aliphatic rings. The van der Waals surface area contributed by atoms with Gasteiger partial charge < -0.3 is 4.74 Å². The van der Waals surface area contributed by atoms with Crippen molar-refractivity contribution in [1.82, 2.24) is 0 Å². The number of unbranched alkanes of at least 4 members (excludes halogenated alkanes) is 1. The van der Waals surface area contributed by atoms with E-state index >= 15 is 0 Å². The van der Waals surface area contributed by atoms with Crippen LogP contribution in [0, 0.1) is 0 Å². The van der Waals surface area contributed by atoms with Crippen LogP contribution in [0.4, 0.5) is 0 Å². The average Bonchev–Trinajstić information content (AvgIpc) is 1.98. The van der Waals surface area contributed by atoms with Crippen molar-refractivity contribution in [2.24, 2.45) is 0 Å². The molecule has 0 radical (unpaired) electrons. The monoisotopic (exact) mass is 184 g/mol. The first-order valence-corrected chi connectivity index (χ1v) is 4.15. The van der Waals surface area contributed by atoms with E-state index in [2.05, 4.69) is 4.74 Å². The molecule has 60 valence electrons. The minimum atomic E-state index is -0.365. The zero-order chi connectivity index (χ0) is 7.82. The van der Waals surface area contributed by atoms with Gasteiger partial charge in [0.1, 0.15) is 5.88 Å². The van der Waals surface area contributed by atoms with Crippen LogP contribution >= 0.6 is 23.2 Å². The summed E-state index contributed by atoms with van der Waals surface area (Å²) in [6.07, 6.45) is 1.68. The topological polar surface area (TPSA) is 26.3 Å². The first-order chi connectivity index (χ1) is 4.81. The van der Waals surface area contributed by atoms with Crippen molar-refractivity contribution in [1.29, 1.82) is 0 Å². The Bertz CT molecular complexity index is 95.7. The summed E-state index contributed by atoms with van der Waals surface area (Å²) < 4.78 is 4.66. The summed E-state index contributed by atoms with van der Waals surface area (Å²) in [5, 5.41) is 0. The van der Waals surface area contributed by atoms with Gasteiger partial charge in [0.2, 0.25) is 0 Å². The van der Waals surface area contributed by atoms with Gasteiger partial charge in [0.25, 0.3) is 0 Å². The first-order valence-electron chi connectivity index (χ1n) is 3.08. The number of esters is 1. The van der Waals surface area contributed by atoms with E-state index in [1.807, 2.05) is 0 Å². The van der Waals surface area contributed by atoms with Gasteiger partial charge in [-0.3, -0.25) is 4.79 Å². The zero-order valence-corrected chi connectivity index (χ0v) is 7.12. The number of ether oxygens (including phenoxy) is 1. The van der Waals surface area contributed by atoms with Crippen LogP contribution in [-0.4, -0.2) is 24.3 Å². The van der Waals surface area contributed by atoms with E-state index in [0.29, 0.717) is 12.5 Å². The van der Waals surface area contributed by atoms with Crippen molar-refractivity contribution < 1.29 is 9.53 Å². The first kappa shape index (κ1) is 10.0. The number of carbonyl (C=O) groups is 1. The lowest BCUT2D eigenvalue weighted by Crippen LogP contribution is -2.06. The lowest BCUT2D eigenvalue weighted by atomic mass is 10.4. The zero-order valence-electron chi connectivity index (χ0n) is 5.61. The Hall–Kier alpha value is 0.0500. The molecule has 0 aromatic carbocycles. The highest BCUT2D eigenvalue weighted by Crippen LogP contribution is 1.93. The predicted octanol–water partition coefficient (Wildman–Crippen LogP) is 1.79. The van der Waals surface area contributed by atoms with Crippen molar-refractivity contribution in [3.8, 4) is 0 Å². The normalized spacial score (nSPS) is 9.40. The second kappa shape index (κ2) is 7.16. The number of halogens is 2. The molecule has 4 heteroatoms. The standard InChI is InChI=1S/C6H10Cl2O2/c7-3-1-2-4-10-6(9)5-8/h1-5H2. The molecular formula is C6H10Cl2O2. The summed E-state index contributed by atoms with van der Waals surface area (Å²) in [6, 6.07) is 0. The number of alkyl halides is 2. The molecule has 0 saturated carbocycles. The van der Waals surface area contributed by atoms with E-state index in [4.69, 9.17) is 23.2 Å². The van der Waals surface area contributed by atoms with Gasteiger partial charge in [-0.2, -0.15) is 0 Å². The Morgan fingerprint density at radius 1 is 1.30 bits per heavy atom. The molecule has 0 aromatic heterocycles. The van der Waals surface area contributed by atoms with E-state index in [0.717, 1.165) is 12.8 Å². The minimum absolute atomic E-state index is 0.0686. The van der Waals surface area contributed by atoms with Gasteiger partial charge in [0.05, 0.1) is 6.61 Å². The smallest absolute Gasteiger partial charge is 0.320 e. The van der Waals surface area contributed by atoms with E-state index in [1.54, 1.807) is 0 Å². The molecule has 2 nitrogen and oxygen atoms in total. The van der Waals surface area contributed by atoms with Gasteiger partial charge in [0.15, 0.2) is 0 Å². The highest BCUT2D eigenvalue weighted by Gasteiger charge is 1.97. The maximum atomic E-state index is 10.4. The van der Waals surface area contributed by atoms with Crippen LogP contribution in [0.2, 0.25) is 0 Å². The Morgan fingerprint density at radius 2 is 2.00 bits per heavy atom. The SMILES string of the molecule is O=C(CCl)OCCCCCl. The maximum Gasteiger partial charge on any atom is 0.320 e. The molecule has 0 spiro atoms. The summed E-state index contributed by atoms with van der Waals surface area (Å²) >= 11 is 10.5. The molecule has 0 heterocycles. The molecule has 0 atom stereocenters. The molecule has 0 aromatic rings. The molecule has 0 amide bonds. The van der Waals surface area contributed by atoms with E-state index < -0.39 is 0 Å². The van der Waals surface area contributed by atoms with Crippen LogP contribution in [-0.2, 0) is 9.53 Å². The van der Waals surface area contributed by atoms with E-state index in [9.17, 15) is 4.79 Å². The fourth-order valence-electron chi connectivity index (χ4n) is 0.421. The van der Waals surface area contributed by atoms with Crippen molar-refractivity contribution >= 4 is 29.2 Å². The third-order valence-corrected chi connectivity index (χ3v) is 1.39. The van der Waals surface area contributed by atoms with Crippen molar-refractivity contribution in [2.45, 2.75) is 12.8 Å². The molecule has 0 saturated heterocycles. The summed E-state index contributed by atoms with van der Waals surface area (Å²) in [4.78, 5) is 10.4. The molecular weight excluding hydrogens is 175 g/mol. The number of hydrogen-bond donors (Lipinski definition) is 0. The van der Waals surface area contributed by atoms with Gasteiger partial charge >= 0.3 is 5.97 Å². The second-order valence-corrected chi connectivity index (χ2v) is 2.40. The molecule has 0 unspecified atom stereocenters. The Balaban J connectivity index is 2.96. The quantitative estimate of drug-likeness (QED) is 0.370. The summed E-state index contributed by atoms with van der Waals surface area (Å²) in [7, 11) is 0. The van der Waals surface area contributed by atoms with Crippen molar-refractivity contribution in [2.75, 3.05) is 18.4 Å². The lowest BCUT2D eigenvalue weighted by molar-refractivity contribution is -0.140. The Kier molecular flexibility index (Phi) is 7.20. The highest BCUT2D eigenvalue weighted by atomic mass is 35.5. The average molecular weight is 185 g/mol. The van der Waals surface area contributed by atoms with Gasteiger partial charge in [0, 0.05) is 5.88 Å². The molecule has 0 rings (SSSR count). The van der Waals surface area contributed by atoms with E-state index in [1.165, 1.54) is 0 Å². The summed E-state index contributed by atoms with van der Waals surface area (Å²) in [6.45, 7) is 0.429. The van der Waals surface area contributed by atoms with Gasteiger partial charge in [-0.25, -0.2) is 0 Å². The van der Waals surface area contributed by atoms with Crippen LogP contribution in [0.1, 0.15) is 12.8 Å². The van der Waals surface area contributed by atoms with Gasteiger partial charge in [-0.05, 0) is 12.8 Å². The number of rotatable bonds is 5. The molecule has 10 heavy (non-hydrogen) atoms. The van der Waals surface area contributed by atoms with Crippen LogP contribution in [0.25, 0.3) is 0 Å². The third kappa shape index (κ3) is 6.17.